The van der Waals surface area contributed by atoms with Gasteiger partial charge in [-0.25, -0.2) is 0 Å². The number of aryl methyl sites for hydroxylation is 1. The van der Waals surface area contributed by atoms with Crippen LogP contribution in [0.4, 0.5) is 0 Å². The van der Waals surface area contributed by atoms with Crippen LogP contribution < -0.4 is 5.32 Å². The summed E-state index contributed by atoms with van der Waals surface area (Å²) in [6, 6.07) is 21.5. The van der Waals surface area contributed by atoms with E-state index in [1.165, 1.54) is 0 Å². The van der Waals surface area contributed by atoms with Crippen molar-refractivity contribution in [1.29, 1.82) is 0 Å². The highest BCUT2D eigenvalue weighted by atomic mass is 16.5. The number of rotatable bonds is 5. The lowest BCUT2D eigenvalue weighted by Gasteiger charge is -2.18. The van der Waals surface area contributed by atoms with E-state index in [4.69, 9.17) is 4.52 Å². The first-order chi connectivity index (χ1) is 11.2. The third-order valence-corrected chi connectivity index (χ3v) is 3.64. The van der Waals surface area contributed by atoms with E-state index in [1.54, 1.807) is 13.0 Å². The van der Waals surface area contributed by atoms with Crippen molar-refractivity contribution in [1.82, 2.24) is 10.5 Å². The van der Waals surface area contributed by atoms with Crippen LogP contribution in [0.1, 0.15) is 33.4 Å². The van der Waals surface area contributed by atoms with Crippen molar-refractivity contribution in [2.75, 3.05) is 0 Å². The maximum Gasteiger partial charge on any atom is 0.290 e. The third kappa shape index (κ3) is 3.86. The molecule has 4 nitrogen and oxygen atoms in total. The molecule has 0 bridgehead atoms. The number of hydrogen-bond acceptors (Lipinski definition) is 3. The zero-order valence-electron chi connectivity index (χ0n) is 12.9. The molecule has 116 valence electrons. The number of benzene rings is 2. The first-order valence-electron chi connectivity index (χ1n) is 7.55. The zero-order valence-corrected chi connectivity index (χ0v) is 12.9. The lowest BCUT2D eigenvalue weighted by Crippen LogP contribution is -2.29. The summed E-state index contributed by atoms with van der Waals surface area (Å²) in [7, 11) is 0. The van der Waals surface area contributed by atoms with E-state index in [9.17, 15) is 4.79 Å². The molecule has 1 heterocycles. The van der Waals surface area contributed by atoms with Crippen LogP contribution in [-0.4, -0.2) is 11.1 Å². The molecule has 1 unspecified atom stereocenters. The van der Waals surface area contributed by atoms with Gasteiger partial charge in [-0.05, 0) is 24.5 Å². The minimum absolute atomic E-state index is 0.128. The summed E-state index contributed by atoms with van der Waals surface area (Å²) in [5, 5.41) is 6.80. The number of nitrogens with zero attached hydrogens (tertiary/aromatic N) is 1. The average Bonchev–Trinajstić information content (AvgIpc) is 3.03. The Balaban J connectivity index is 1.82. The highest BCUT2D eigenvalue weighted by molar-refractivity contribution is 5.91. The minimum atomic E-state index is -0.254. The predicted molar refractivity (Wildman–Crippen MR) is 88.0 cm³/mol. The van der Waals surface area contributed by atoms with Crippen LogP contribution in [0.15, 0.2) is 71.3 Å². The van der Waals surface area contributed by atoms with Crippen LogP contribution in [0.25, 0.3) is 0 Å². The Bertz CT molecular complexity index is 766. The van der Waals surface area contributed by atoms with Crippen molar-refractivity contribution < 1.29 is 9.32 Å². The van der Waals surface area contributed by atoms with Gasteiger partial charge in [0.15, 0.2) is 0 Å². The highest BCUT2D eigenvalue weighted by Crippen LogP contribution is 2.19. The number of aromatic nitrogens is 1. The highest BCUT2D eigenvalue weighted by Gasteiger charge is 2.19. The van der Waals surface area contributed by atoms with Crippen LogP contribution in [0.3, 0.4) is 0 Å². The summed E-state index contributed by atoms with van der Waals surface area (Å²) >= 11 is 0. The molecule has 4 heteroatoms. The second-order valence-corrected chi connectivity index (χ2v) is 5.46. The molecule has 0 aliphatic heterocycles. The van der Waals surface area contributed by atoms with Crippen LogP contribution in [0, 0.1) is 6.92 Å². The van der Waals surface area contributed by atoms with E-state index in [0.29, 0.717) is 12.1 Å². The summed E-state index contributed by atoms with van der Waals surface area (Å²) < 4.78 is 5.05. The molecule has 1 aromatic heterocycles. The molecule has 0 spiro atoms. The van der Waals surface area contributed by atoms with Gasteiger partial charge in [-0.2, -0.15) is 0 Å². The standard InChI is InChI=1S/C19H18N2O2/c1-14-12-18(23-21-14)19(22)20-17(16-10-6-3-7-11-16)13-15-8-4-2-5-9-15/h2-12,17H,13H2,1H3,(H,20,22). The largest absolute Gasteiger partial charge is 0.351 e. The van der Waals surface area contributed by atoms with Gasteiger partial charge in [-0.3, -0.25) is 4.79 Å². The quantitative estimate of drug-likeness (QED) is 0.782. The van der Waals surface area contributed by atoms with Gasteiger partial charge in [0.05, 0.1) is 11.7 Å². The van der Waals surface area contributed by atoms with Gasteiger partial charge >= 0.3 is 0 Å². The maximum absolute atomic E-state index is 12.4. The topological polar surface area (TPSA) is 55.1 Å². The molecule has 0 radical (unpaired) electrons. The van der Waals surface area contributed by atoms with Gasteiger partial charge in [0.25, 0.3) is 5.91 Å². The van der Waals surface area contributed by atoms with Crippen molar-refractivity contribution >= 4 is 5.91 Å². The predicted octanol–water partition coefficient (Wildman–Crippen LogP) is 3.70. The summed E-state index contributed by atoms with van der Waals surface area (Å²) in [6.07, 6.45) is 0.712. The summed E-state index contributed by atoms with van der Waals surface area (Å²) in [4.78, 5) is 12.4. The fraction of sp³-hybridized carbons (Fsp3) is 0.158. The molecular weight excluding hydrogens is 288 g/mol. The van der Waals surface area contributed by atoms with Crippen molar-refractivity contribution in [3.05, 3.63) is 89.3 Å². The number of carbonyl (C=O) groups is 1. The fourth-order valence-corrected chi connectivity index (χ4v) is 2.49. The van der Waals surface area contributed by atoms with Gasteiger partial charge in [0.1, 0.15) is 0 Å². The molecule has 1 amide bonds. The molecule has 3 rings (SSSR count). The Labute approximate surface area is 135 Å². The zero-order chi connectivity index (χ0) is 16.1. The van der Waals surface area contributed by atoms with Gasteiger partial charge in [-0.1, -0.05) is 65.8 Å². The Kier molecular flexibility index (Phi) is 4.52. The van der Waals surface area contributed by atoms with Crippen LogP contribution >= 0.6 is 0 Å². The lowest BCUT2D eigenvalue weighted by molar-refractivity contribution is 0.0899. The monoisotopic (exact) mass is 306 g/mol. The second kappa shape index (κ2) is 6.92. The minimum Gasteiger partial charge on any atom is -0.351 e. The molecule has 1 atom stereocenters. The number of carbonyl (C=O) groups excluding carboxylic acids is 1. The molecule has 0 saturated carbocycles. The molecule has 0 aliphatic rings. The average molecular weight is 306 g/mol. The lowest BCUT2D eigenvalue weighted by atomic mass is 9.99. The first-order valence-corrected chi connectivity index (χ1v) is 7.55. The van der Waals surface area contributed by atoms with Crippen molar-refractivity contribution in [3.8, 4) is 0 Å². The molecule has 2 aromatic carbocycles. The van der Waals surface area contributed by atoms with Crippen molar-refractivity contribution in [2.24, 2.45) is 0 Å². The van der Waals surface area contributed by atoms with E-state index in [2.05, 4.69) is 22.6 Å². The Morgan fingerprint density at radius 1 is 1.09 bits per heavy atom. The van der Waals surface area contributed by atoms with E-state index in [0.717, 1.165) is 11.1 Å². The van der Waals surface area contributed by atoms with Gasteiger partial charge in [0, 0.05) is 6.07 Å². The Hall–Kier alpha value is -2.88. The van der Waals surface area contributed by atoms with Crippen LogP contribution in [0.2, 0.25) is 0 Å². The van der Waals surface area contributed by atoms with Gasteiger partial charge in [0.2, 0.25) is 5.76 Å². The maximum atomic E-state index is 12.4. The molecular formula is C19H18N2O2. The molecule has 3 aromatic rings. The van der Waals surface area contributed by atoms with Crippen LogP contribution in [-0.2, 0) is 6.42 Å². The summed E-state index contributed by atoms with van der Waals surface area (Å²) in [5.74, 6) is -0.0214. The third-order valence-electron chi connectivity index (χ3n) is 3.64. The summed E-state index contributed by atoms with van der Waals surface area (Å²) in [5.41, 5.74) is 2.91. The van der Waals surface area contributed by atoms with Gasteiger partial charge in [-0.15, -0.1) is 0 Å². The van der Waals surface area contributed by atoms with Crippen LogP contribution in [0.5, 0.6) is 0 Å². The SMILES string of the molecule is Cc1cc(C(=O)NC(Cc2ccccc2)c2ccccc2)on1. The van der Waals surface area contributed by atoms with E-state index in [1.807, 2.05) is 48.5 Å². The molecule has 23 heavy (non-hydrogen) atoms. The molecule has 0 aliphatic carbocycles. The van der Waals surface area contributed by atoms with Crippen molar-refractivity contribution in [3.63, 3.8) is 0 Å². The fourth-order valence-electron chi connectivity index (χ4n) is 2.49. The van der Waals surface area contributed by atoms with E-state index in [-0.39, 0.29) is 17.7 Å². The second-order valence-electron chi connectivity index (χ2n) is 5.46. The first kappa shape index (κ1) is 15.0. The van der Waals surface area contributed by atoms with E-state index < -0.39 is 0 Å². The van der Waals surface area contributed by atoms with E-state index >= 15 is 0 Å². The summed E-state index contributed by atoms with van der Waals surface area (Å²) in [6.45, 7) is 1.79. The number of hydrogen-bond donors (Lipinski definition) is 1. The van der Waals surface area contributed by atoms with Gasteiger partial charge < -0.3 is 9.84 Å². The number of amides is 1. The number of nitrogens with one attached hydrogen (secondary N) is 1. The normalized spacial score (nSPS) is 11.9. The smallest absolute Gasteiger partial charge is 0.290 e. The molecule has 0 saturated heterocycles. The Morgan fingerprint density at radius 2 is 1.74 bits per heavy atom. The van der Waals surface area contributed by atoms with Crippen molar-refractivity contribution in [2.45, 2.75) is 19.4 Å². The molecule has 1 N–H and O–H groups in total. The Morgan fingerprint density at radius 3 is 2.35 bits per heavy atom. The molecule has 0 fully saturated rings.